The SMILES string of the molecule is Cc1cc(S(=O)(=O)[O-])cc(S(=O)(=O)[O-])c1N1N=C(c2cccs2)CC1=O.[Na+].[Na+]. The molecule has 0 saturated carbocycles. The second-order valence-electron chi connectivity index (χ2n) is 5.40. The molecule has 1 amide bonds. The second kappa shape index (κ2) is 9.35. The van der Waals surface area contributed by atoms with Crippen molar-refractivity contribution in [3.8, 4) is 0 Å². The largest absolute Gasteiger partial charge is 1.00 e. The molecule has 1 aromatic heterocycles. The van der Waals surface area contributed by atoms with E-state index in [9.17, 15) is 30.7 Å². The fourth-order valence-electron chi connectivity index (χ4n) is 2.51. The van der Waals surface area contributed by atoms with Crippen molar-refractivity contribution in [2.75, 3.05) is 5.01 Å². The van der Waals surface area contributed by atoms with Gasteiger partial charge < -0.3 is 9.11 Å². The smallest absolute Gasteiger partial charge is 0.744 e. The average Bonchev–Trinajstić information content (AvgIpc) is 3.14. The number of hydrazone groups is 1. The van der Waals surface area contributed by atoms with E-state index < -0.39 is 35.9 Å². The maximum Gasteiger partial charge on any atom is 1.00 e. The summed E-state index contributed by atoms with van der Waals surface area (Å²) in [5, 5.41) is 6.62. The molecule has 0 atom stereocenters. The van der Waals surface area contributed by atoms with Gasteiger partial charge in [0.1, 0.15) is 20.2 Å². The van der Waals surface area contributed by atoms with E-state index >= 15 is 0 Å². The monoisotopic (exact) mass is 460 g/mol. The first kappa shape index (κ1) is 25.9. The van der Waals surface area contributed by atoms with Crippen LogP contribution in [0.15, 0.2) is 44.5 Å². The normalized spacial score (nSPS) is 14.3. The molecule has 0 unspecified atom stereocenters. The molecule has 2 heterocycles. The standard InChI is InChI=1S/C14H12N2O7S3.2Na/c1-8-5-9(25(18,19)20)6-12(26(21,22)23)14(8)16-13(17)7-10(15-16)11-3-2-4-24-11;;/h2-6H,7H2,1H3,(H,18,19,20)(H,21,22,23);;/q;2*+1/p-2. The van der Waals surface area contributed by atoms with Crippen LogP contribution in [0, 0.1) is 6.92 Å². The zero-order chi connectivity index (χ0) is 19.3. The van der Waals surface area contributed by atoms with Crippen molar-refractivity contribution in [1.82, 2.24) is 0 Å². The summed E-state index contributed by atoms with van der Waals surface area (Å²) in [7, 11) is -10.2. The minimum absolute atomic E-state index is 0. The van der Waals surface area contributed by atoms with Crippen LogP contribution < -0.4 is 64.1 Å². The number of benzene rings is 1. The number of anilines is 1. The maximum atomic E-state index is 12.3. The molecule has 0 N–H and O–H groups in total. The van der Waals surface area contributed by atoms with Crippen LogP contribution in [0.1, 0.15) is 16.9 Å². The summed E-state index contributed by atoms with van der Waals surface area (Å²) in [5.41, 5.74) is -0.0241. The van der Waals surface area contributed by atoms with Gasteiger partial charge in [0.15, 0.2) is 0 Å². The van der Waals surface area contributed by atoms with Crippen LogP contribution in [-0.4, -0.2) is 37.6 Å². The fourth-order valence-corrected chi connectivity index (χ4v) is 4.63. The summed E-state index contributed by atoms with van der Waals surface area (Å²) in [5.74, 6) is -0.584. The first-order chi connectivity index (χ1) is 12.0. The number of amides is 1. The van der Waals surface area contributed by atoms with Gasteiger partial charge in [-0.3, -0.25) is 4.79 Å². The van der Waals surface area contributed by atoms with E-state index in [4.69, 9.17) is 0 Å². The van der Waals surface area contributed by atoms with E-state index in [1.165, 1.54) is 18.3 Å². The van der Waals surface area contributed by atoms with E-state index in [0.29, 0.717) is 16.7 Å². The second-order valence-corrected chi connectivity index (χ2v) is 9.08. The summed E-state index contributed by atoms with van der Waals surface area (Å²) >= 11 is 1.33. The van der Waals surface area contributed by atoms with Crippen molar-refractivity contribution in [2.24, 2.45) is 5.10 Å². The van der Waals surface area contributed by atoms with Gasteiger partial charge in [-0.05, 0) is 36.1 Å². The van der Waals surface area contributed by atoms with Crippen LogP contribution in [-0.2, 0) is 25.0 Å². The third-order valence-corrected chi connectivity index (χ3v) is 6.17. The molecule has 0 fully saturated rings. The van der Waals surface area contributed by atoms with Gasteiger partial charge in [0.2, 0.25) is 0 Å². The van der Waals surface area contributed by atoms with E-state index in [2.05, 4.69) is 5.10 Å². The Bertz CT molecular complexity index is 1140. The number of carbonyl (C=O) groups is 1. The Morgan fingerprint density at radius 2 is 1.75 bits per heavy atom. The average molecular weight is 460 g/mol. The van der Waals surface area contributed by atoms with Gasteiger partial charge in [0.05, 0.1) is 32.5 Å². The van der Waals surface area contributed by atoms with Gasteiger partial charge in [-0.15, -0.1) is 11.3 Å². The minimum atomic E-state index is -5.18. The molecule has 2 aromatic rings. The Hall–Kier alpha value is -0.120. The van der Waals surface area contributed by atoms with Gasteiger partial charge in [0, 0.05) is 0 Å². The molecule has 0 bridgehead atoms. The van der Waals surface area contributed by atoms with E-state index in [0.717, 1.165) is 11.1 Å². The predicted molar refractivity (Wildman–Crippen MR) is 90.1 cm³/mol. The van der Waals surface area contributed by atoms with E-state index in [1.807, 2.05) is 0 Å². The molecule has 1 aliphatic heterocycles. The molecule has 1 aromatic carbocycles. The molecular formula is C14H10N2Na2O7S3. The number of nitrogens with zero attached hydrogens (tertiary/aromatic N) is 2. The third-order valence-electron chi connectivity index (χ3n) is 3.59. The number of rotatable bonds is 4. The Balaban J connectivity index is 0.00000196. The molecule has 0 saturated heterocycles. The van der Waals surface area contributed by atoms with Gasteiger partial charge in [0.25, 0.3) is 5.91 Å². The molecule has 3 rings (SSSR count). The van der Waals surface area contributed by atoms with Crippen LogP contribution in [0.5, 0.6) is 0 Å². The first-order valence-corrected chi connectivity index (χ1v) is 10.7. The summed E-state index contributed by atoms with van der Waals surface area (Å²) in [6.45, 7) is 1.28. The molecule has 28 heavy (non-hydrogen) atoms. The molecule has 0 spiro atoms. The number of thiophene rings is 1. The zero-order valence-corrected chi connectivity index (χ0v) is 21.5. The van der Waals surface area contributed by atoms with Crippen LogP contribution in [0.25, 0.3) is 0 Å². The van der Waals surface area contributed by atoms with Gasteiger partial charge in [-0.2, -0.15) is 10.1 Å². The summed E-state index contributed by atoms with van der Waals surface area (Å²) in [6.07, 6.45) is -0.111. The van der Waals surface area contributed by atoms with Crippen LogP contribution in [0.4, 0.5) is 5.69 Å². The fraction of sp³-hybridized carbons (Fsp3) is 0.143. The molecule has 0 radical (unpaired) electrons. The summed E-state index contributed by atoms with van der Waals surface area (Å²) in [4.78, 5) is 11.2. The Morgan fingerprint density at radius 1 is 1.11 bits per heavy atom. The molecule has 14 heteroatoms. The quantitative estimate of drug-likeness (QED) is 0.328. The van der Waals surface area contributed by atoms with Crippen molar-refractivity contribution in [3.63, 3.8) is 0 Å². The first-order valence-electron chi connectivity index (χ1n) is 6.99. The van der Waals surface area contributed by atoms with Crippen LogP contribution in [0.3, 0.4) is 0 Å². The summed E-state index contributed by atoms with van der Waals surface area (Å²) < 4.78 is 68.5. The maximum absolute atomic E-state index is 12.3. The van der Waals surface area contributed by atoms with Crippen molar-refractivity contribution >= 4 is 48.9 Å². The number of carbonyl (C=O) groups excluding carboxylic acids is 1. The number of hydrogen-bond donors (Lipinski definition) is 0. The molecule has 0 aliphatic carbocycles. The van der Waals surface area contributed by atoms with Crippen LogP contribution >= 0.6 is 11.3 Å². The summed E-state index contributed by atoms with van der Waals surface area (Å²) in [6, 6.07) is 4.84. The van der Waals surface area contributed by atoms with Crippen molar-refractivity contribution in [2.45, 2.75) is 23.1 Å². The van der Waals surface area contributed by atoms with E-state index in [-0.39, 0.29) is 76.8 Å². The molecule has 1 aliphatic rings. The molecule has 138 valence electrons. The minimum Gasteiger partial charge on any atom is -0.744 e. The Labute approximate surface area is 209 Å². The van der Waals surface area contributed by atoms with Gasteiger partial charge in [-0.1, -0.05) is 6.07 Å². The molecular weight excluding hydrogens is 450 g/mol. The zero-order valence-electron chi connectivity index (χ0n) is 15.1. The Morgan fingerprint density at radius 3 is 2.25 bits per heavy atom. The third kappa shape index (κ3) is 5.32. The number of aryl methyl sites for hydroxylation is 1. The van der Waals surface area contributed by atoms with Gasteiger partial charge >= 0.3 is 59.1 Å². The predicted octanol–water partition coefficient (Wildman–Crippen LogP) is -4.99. The molecule has 9 nitrogen and oxygen atoms in total. The van der Waals surface area contributed by atoms with Crippen LogP contribution in [0.2, 0.25) is 0 Å². The topological polar surface area (TPSA) is 147 Å². The van der Waals surface area contributed by atoms with Crippen molar-refractivity contribution in [3.05, 3.63) is 40.1 Å². The number of hydrogen-bond acceptors (Lipinski definition) is 9. The van der Waals surface area contributed by atoms with E-state index in [1.54, 1.807) is 17.5 Å². The van der Waals surface area contributed by atoms with Crippen molar-refractivity contribution < 1.29 is 89.9 Å². The Kier molecular flexibility index (Phi) is 8.65. The van der Waals surface area contributed by atoms with Crippen molar-refractivity contribution in [1.29, 1.82) is 0 Å². The van der Waals surface area contributed by atoms with Gasteiger partial charge in [-0.25, -0.2) is 16.8 Å².